The van der Waals surface area contributed by atoms with Crippen LogP contribution >= 0.6 is 22.9 Å². The first kappa shape index (κ1) is 13.9. The van der Waals surface area contributed by atoms with Crippen LogP contribution in [-0.4, -0.2) is 17.3 Å². The quantitative estimate of drug-likeness (QED) is 0.639. The van der Waals surface area contributed by atoms with Gasteiger partial charge in [-0.15, -0.1) is 22.9 Å². The molecule has 1 heterocycles. The molecular formula is C16H18ClNOS. The standard InChI is InChI=1S/C16H18ClNOS/c17-12-7-2-1-3-8-13(12)18-16(19)15-10-11-6-4-5-9-14(11)20-15/h4-6,9-10,12-13H,1-3,7-8H2,(H,18,19). The highest BCUT2D eigenvalue weighted by Gasteiger charge is 2.24. The first-order valence-electron chi connectivity index (χ1n) is 7.17. The number of hydrogen-bond donors (Lipinski definition) is 1. The van der Waals surface area contributed by atoms with E-state index in [1.807, 2.05) is 30.3 Å². The van der Waals surface area contributed by atoms with Crippen molar-refractivity contribution in [3.05, 3.63) is 35.2 Å². The normalized spacial score (nSPS) is 23.4. The van der Waals surface area contributed by atoms with E-state index in [1.54, 1.807) is 11.3 Å². The topological polar surface area (TPSA) is 29.1 Å². The molecule has 4 heteroatoms. The molecule has 0 aliphatic heterocycles. The molecule has 1 fully saturated rings. The van der Waals surface area contributed by atoms with Gasteiger partial charge in [-0.05, 0) is 30.4 Å². The summed E-state index contributed by atoms with van der Waals surface area (Å²) in [5.74, 6) is 0.0174. The molecule has 1 aliphatic rings. The van der Waals surface area contributed by atoms with Gasteiger partial charge in [0.2, 0.25) is 0 Å². The molecule has 106 valence electrons. The Bertz CT molecular complexity index is 576. The third kappa shape index (κ3) is 2.99. The van der Waals surface area contributed by atoms with Crippen LogP contribution in [0.3, 0.4) is 0 Å². The van der Waals surface area contributed by atoms with E-state index in [0.717, 1.165) is 34.2 Å². The lowest BCUT2D eigenvalue weighted by Crippen LogP contribution is -2.40. The Labute approximate surface area is 128 Å². The summed E-state index contributed by atoms with van der Waals surface area (Å²) in [4.78, 5) is 13.2. The van der Waals surface area contributed by atoms with Crippen molar-refractivity contribution in [2.45, 2.75) is 43.5 Å². The number of amides is 1. The summed E-state index contributed by atoms with van der Waals surface area (Å²) < 4.78 is 1.15. The molecule has 0 spiro atoms. The van der Waals surface area contributed by atoms with Gasteiger partial charge in [-0.1, -0.05) is 37.5 Å². The van der Waals surface area contributed by atoms with E-state index in [0.29, 0.717) is 0 Å². The van der Waals surface area contributed by atoms with Gasteiger partial charge in [0.25, 0.3) is 5.91 Å². The number of fused-ring (bicyclic) bond motifs is 1. The predicted octanol–water partition coefficient (Wildman–Crippen LogP) is 4.57. The SMILES string of the molecule is O=C(NC1CCCCCC1Cl)c1cc2ccccc2s1. The molecule has 2 nitrogen and oxygen atoms in total. The molecule has 0 bridgehead atoms. The fourth-order valence-electron chi connectivity index (χ4n) is 2.76. The summed E-state index contributed by atoms with van der Waals surface area (Å²) in [6.45, 7) is 0. The molecule has 2 atom stereocenters. The lowest BCUT2D eigenvalue weighted by molar-refractivity contribution is 0.0938. The Morgan fingerprint density at radius 1 is 1.20 bits per heavy atom. The third-order valence-corrected chi connectivity index (χ3v) is 5.53. The Balaban J connectivity index is 1.74. The van der Waals surface area contributed by atoms with Crippen LogP contribution in [0.1, 0.15) is 41.8 Å². The van der Waals surface area contributed by atoms with Crippen molar-refractivity contribution in [2.24, 2.45) is 0 Å². The number of rotatable bonds is 2. The van der Waals surface area contributed by atoms with Crippen molar-refractivity contribution in [2.75, 3.05) is 0 Å². The molecular weight excluding hydrogens is 290 g/mol. The second kappa shape index (κ2) is 6.15. The second-order valence-electron chi connectivity index (χ2n) is 5.38. The second-order valence-corrected chi connectivity index (χ2v) is 7.03. The van der Waals surface area contributed by atoms with E-state index in [9.17, 15) is 4.79 Å². The molecule has 2 unspecified atom stereocenters. The lowest BCUT2D eigenvalue weighted by Gasteiger charge is -2.20. The summed E-state index contributed by atoms with van der Waals surface area (Å²) in [5.41, 5.74) is 0. The maximum absolute atomic E-state index is 12.4. The maximum Gasteiger partial charge on any atom is 0.261 e. The largest absolute Gasteiger partial charge is 0.347 e. The van der Waals surface area contributed by atoms with Crippen molar-refractivity contribution >= 4 is 38.9 Å². The van der Waals surface area contributed by atoms with Crippen molar-refractivity contribution in [1.29, 1.82) is 0 Å². The maximum atomic E-state index is 12.4. The number of alkyl halides is 1. The van der Waals surface area contributed by atoms with Crippen LogP contribution in [0.4, 0.5) is 0 Å². The van der Waals surface area contributed by atoms with E-state index < -0.39 is 0 Å². The molecule has 1 aliphatic carbocycles. The van der Waals surface area contributed by atoms with E-state index in [2.05, 4.69) is 5.32 Å². The molecule has 1 N–H and O–H groups in total. The fraction of sp³-hybridized carbons (Fsp3) is 0.438. The summed E-state index contributed by atoms with van der Waals surface area (Å²) in [6, 6.07) is 10.2. The highest BCUT2D eigenvalue weighted by Crippen LogP contribution is 2.27. The number of carbonyl (C=O) groups is 1. The summed E-state index contributed by atoms with van der Waals surface area (Å²) in [7, 11) is 0. The van der Waals surface area contributed by atoms with Crippen LogP contribution in [0, 0.1) is 0 Å². The van der Waals surface area contributed by atoms with Gasteiger partial charge < -0.3 is 5.32 Å². The third-order valence-electron chi connectivity index (χ3n) is 3.90. The molecule has 1 saturated carbocycles. The zero-order valence-electron chi connectivity index (χ0n) is 11.3. The molecule has 20 heavy (non-hydrogen) atoms. The van der Waals surface area contributed by atoms with E-state index in [1.165, 1.54) is 12.8 Å². The van der Waals surface area contributed by atoms with Crippen LogP contribution < -0.4 is 5.32 Å². The summed E-state index contributed by atoms with van der Waals surface area (Å²) >= 11 is 7.93. The van der Waals surface area contributed by atoms with Crippen LogP contribution in [-0.2, 0) is 0 Å². The number of nitrogens with one attached hydrogen (secondary N) is 1. The van der Waals surface area contributed by atoms with Crippen molar-refractivity contribution in [3.63, 3.8) is 0 Å². The van der Waals surface area contributed by atoms with Gasteiger partial charge in [-0.25, -0.2) is 0 Å². The minimum atomic E-state index is 0.0174. The van der Waals surface area contributed by atoms with Crippen LogP contribution in [0.5, 0.6) is 0 Å². The van der Waals surface area contributed by atoms with Gasteiger partial charge in [-0.3, -0.25) is 4.79 Å². The first-order chi connectivity index (χ1) is 9.74. The van der Waals surface area contributed by atoms with E-state index in [-0.39, 0.29) is 17.3 Å². The van der Waals surface area contributed by atoms with Gasteiger partial charge >= 0.3 is 0 Å². The Morgan fingerprint density at radius 3 is 2.85 bits per heavy atom. The van der Waals surface area contributed by atoms with Gasteiger partial charge in [-0.2, -0.15) is 0 Å². The zero-order chi connectivity index (χ0) is 13.9. The van der Waals surface area contributed by atoms with Crippen LogP contribution in [0.2, 0.25) is 0 Å². The highest BCUT2D eigenvalue weighted by atomic mass is 35.5. The molecule has 1 aromatic heterocycles. The van der Waals surface area contributed by atoms with E-state index in [4.69, 9.17) is 11.6 Å². The number of thiophene rings is 1. The number of benzene rings is 1. The fourth-order valence-corrected chi connectivity index (χ4v) is 4.07. The summed E-state index contributed by atoms with van der Waals surface area (Å²) in [5, 5.41) is 4.32. The smallest absolute Gasteiger partial charge is 0.261 e. The van der Waals surface area contributed by atoms with Gasteiger partial charge in [0.15, 0.2) is 0 Å². The monoisotopic (exact) mass is 307 g/mol. The average molecular weight is 308 g/mol. The minimum absolute atomic E-state index is 0.0174. The lowest BCUT2D eigenvalue weighted by atomic mass is 10.1. The molecule has 2 aromatic rings. The molecule has 1 aromatic carbocycles. The Morgan fingerprint density at radius 2 is 2.00 bits per heavy atom. The van der Waals surface area contributed by atoms with Gasteiger partial charge in [0.1, 0.15) is 0 Å². The number of hydrogen-bond acceptors (Lipinski definition) is 2. The molecule has 1 amide bonds. The van der Waals surface area contributed by atoms with Crippen LogP contribution in [0.15, 0.2) is 30.3 Å². The predicted molar refractivity (Wildman–Crippen MR) is 85.8 cm³/mol. The Kier molecular flexibility index (Phi) is 4.27. The number of halogens is 1. The molecule has 0 saturated heterocycles. The van der Waals surface area contributed by atoms with Crippen molar-refractivity contribution in [1.82, 2.24) is 5.32 Å². The molecule has 3 rings (SSSR count). The summed E-state index contributed by atoms with van der Waals surface area (Å²) in [6.07, 6.45) is 5.53. The average Bonchev–Trinajstić information content (AvgIpc) is 2.79. The Hall–Kier alpha value is -1.06. The van der Waals surface area contributed by atoms with Gasteiger partial charge in [0.05, 0.1) is 10.3 Å². The van der Waals surface area contributed by atoms with Crippen molar-refractivity contribution < 1.29 is 4.79 Å². The van der Waals surface area contributed by atoms with Crippen molar-refractivity contribution in [3.8, 4) is 0 Å². The minimum Gasteiger partial charge on any atom is -0.347 e. The van der Waals surface area contributed by atoms with E-state index >= 15 is 0 Å². The van der Waals surface area contributed by atoms with Crippen LogP contribution in [0.25, 0.3) is 10.1 Å². The van der Waals surface area contributed by atoms with Gasteiger partial charge in [0, 0.05) is 10.7 Å². The number of carbonyl (C=O) groups excluding carboxylic acids is 1. The zero-order valence-corrected chi connectivity index (χ0v) is 12.8. The molecule has 0 radical (unpaired) electrons. The first-order valence-corrected chi connectivity index (χ1v) is 8.43. The highest BCUT2D eigenvalue weighted by molar-refractivity contribution is 7.20.